The Labute approximate surface area is 169 Å². The molecule has 4 aromatic rings. The molecule has 1 atom stereocenters. The average molecular weight is 386 g/mol. The van der Waals surface area contributed by atoms with Crippen molar-refractivity contribution in [2.24, 2.45) is 0 Å². The number of fused-ring (bicyclic) bond motifs is 1. The lowest BCUT2D eigenvalue weighted by molar-refractivity contribution is -0.117. The predicted octanol–water partition coefficient (Wildman–Crippen LogP) is 4.54. The minimum atomic E-state index is -0.171. The summed E-state index contributed by atoms with van der Waals surface area (Å²) in [6.45, 7) is 2.02. The second kappa shape index (κ2) is 8.14. The third-order valence-electron chi connectivity index (χ3n) is 4.88. The van der Waals surface area contributed by atoms with Crippen LogP contribution in [0.3, 0.4) is 0 Å². The Balaban J connectivity index is 1.51. The Morgan fingerprint density at radius 3 is 2.52 bits per heavy atom. The number of imidazole rings is 1. The maximum absolute atomic E-state index is 12.7. The summed E-state index contributed by atoms with van der Waals surface area (Å²) in [5.74, 6) is 0.356. The molecule has 146 valence electrons. The highest BCUT2D eigenvalue weighted by Gasteiger charge is 2.18. The molecule has 6 heteroatoms. The van der Waals surface area contributed by atoms with Crippen molar-refractivity contribution in [1.82, 2.24) is 14.6 Å². The van der Waals surface area contributed by atoms with Gasteiger partial charge in [-0.25, -0.2) is 9.50 Å². The standard InChI is InChI=1S/C23H22N4O2/c1-3-19(16-7-5-4-6-8-16)23(28)24-18-11-9-17(10-12-18)20-15-27-21(25-20)13-14-22(26-27)29-2/h4-15,19H,3H2,1-2H3,(H,24,28). The van der Waals surface area contributed by atoms with Crippen molar-refractivity contribution in [2.75, 3.05) is 12.4 Å². The third kappa shape index (κ3) is 3.96. The minimum absolute atomic E-state index is 0.00419. The summed E-state index contributed by atoms with van der Waals surface area (Å²) in [5, 5.41) is 7.35. The van der Waals surface area contributed by atoms with Crippen LogP contribution in [0.2, 0.25) is 0 Å². The molecule has 6 nitrogen and oxygen atoms in total. The number of methoxy groups -OCH3 is 1. The zero-order chi connectivity index (χ0) is 20.2. The van der Waals surface area contributed by atoms with Gasteiger partial charge in [0.1, 0.15) is 0 Å². The summed E-state index contributed by atoms with van der Waals surface area (Å²) in [6.07, 6.45) is 2.60. The van der Waals surface area contributed by atoms with E-state index in [4.69, 9.17) is 4.74 Å². The molecular formula is C23H22N4O2. The van der Waals surface area contributed by atoms with Crippen molar-refractivity contribution in [3.05, 3.63) is 78.5 Å². The molecule has 0 aliphatic heterocycles. The van der Waals surface area contributed by atoms with Gasteiger partial charge in [-0.2, -0.15) is 0 Å². The van der Waals surface area contributed by atoms with Crippen molar-refractivity contribution < 1.29 is 9.53 Å². The summed E-state index contributed by atoms with van der Waals surface area (Å²) in [5.41, 5.74) is 4.28. The Bertz CT molecular complexity index is 1120. The molecule has 0 aliphatic carbocycles. The monoisotopic (exact) mass is 386 g/mol. The molecule has 2 heterocycles. The van der Waals surface area contributed by atoms with Crippen LogP contribution < -0.4 is 10.1 Å². The van der Waals surface area contributed by atoms with E-state index in [1.165, 1.54) is 0 Å². The van der Waals surface area contributed by atoms with Crippen molar-refractivity contribution in [3.8, 4) is 17.1 Å². The van der Waals surface area contributed by atoms with Crippen LogP contribution in [0, 0.1) is 0 Å². The largest absolute Gasteiger partial charge is 0.480 e. The van der Waals surface area contributed by atoms with E-state index in [2.05, 4.69) is 15.4 Å². The molecule has 2 aromatic carbocycles. The second-order valence-electron chi connectivity index (χ2n) is 6.74. The fourth-order valence-electron chi connectivity index (χ4n) is 3.32. The van der Waals surface area contributed by atoms with Gasteiger partial charge < -0.3 is 10.1 Å². The van der Waals surface area contributed by atoms with Crippen LogP contribution in [0.1, 0.15) is 24.8 Å². The Kier molecular flexibility index (Phi) is 5.24. The lowest BCUT2D eigenvalue weighted by Gasteiger charge is -2.15. The quantitative estimate of drug-likeness (QED) is 0.528. The molecule has 29 heavy (non-hydrogen) atoms. The number of anilines is 1. The van der Waals surface area contributed by atoms with E-state index in [0.29, 0.717) is 5.88 Å². The number of hydrogen-bond donors (Lipinski definition) is 1. The summed E-state index contributed by atoms with van der Waals surface area (Å²) >= 11 is 0. The van der Waals surface area contributed by atoms with Crippen molar-refractivity contribution >= 4 is 17.2 Å². The molecule has 0 saturated carbocycles. The zero-order valence-corrected chi connectivity index (χ0v) is 16.4. The Morgan fingerprint density at radius 2 is 1.83 bits per heavy atom. The molecule has 0 spiro atoms. The molecule has 0 saturated heterocycles. The van der Waals surface area contributed by atoms with Crippen LogP contribution in [0.4, 0.5) is 5.69 Å². The van der Waals surface area contributed by atoms with Crippen LogP contribution in [-0.4, -0.2) is 27.6 Å². The molecular weight excluding hydrogens is 364 g/mol. The van der Waals surface area contributed by atoms with Gasteiger partial charge in [0.15, 0.2) is 5.65 Å². The van der Waals surface area contributed by atoms with Crippen LogP contribution in [-0.2, 0) is 4.79 Å². The number of ether oxygens (including phenoxy) is 1. The number of nitrogens with zero attached hydrogens (tertiary/aromatic N) is 3. The SMILES string of the molecule is CCC(C(=O)Nc1ccc(-c2cn3nc(OC)ccc3n2)cc1)c1ccccc1. The smallest absolute Gasteiger partial charge is 0.231 e. The fourth-order valence-corrected chi connectivity index (χ4v) is 3.32. The molecule has 0 bridgehead atoms. The van der Waals surface area contributed by atoms with Crippen LogP contribution in [0.25, 0.3) is 16.9 Å². The van der Waals surface area contributed by atoms with E-state index in [1.54, 1.807) is 17.7 Å². The summed E-state index contributed by atoms with van der Waals surface area (Å²) < 4.78 is 6.84. The summed E-state index contributed by atoms with van der Waals surface area (Å²) in [4.78, 5) is 17.3. The van der Waals surface area contributed by atoms with E-state index in [1.807, 2.05) is 73.8 Å². The maximum atomic E-state index is 12.7. The number of carbonyl (C=O) groups is 1. The highest BCUT2D eigenvalue weighted by Crippen LogP contribution is 2.24. The second-order valence-corrected chi connectivity index (χ2v) is 6.74. The number of rotatable bonds is 6. The first-order valence-corrected chi connectivity index (χ1v) is 9.54. The van der Waals surface area contributed by atoms with Crippen molar-refractivity contribution in [1.29, 1.82) is 0 Å². The number of hydrogen-bond acceptors (Lipinski definition) is 4. The third-order valence-corrected chi connectivity index (χ3v) is 4.88. The maximum Gasteiger partial charge on any atom is 0.231 e. The highest BCUT2D eigenvalue weighted by molar-refractivity contribution is 5.96. The van der Waals surface area contributed by atoms with Crippen molar-refractivity contribution in [3.63, 3.8) is 0 Å². The molecule has 1 N–H and O–H groups in total. The van der Waals surface area contributed by atoms with Crippen LogP contribution in [0.5, 0.6) is 5.88 Å². The van der Waals surface area contributed by atoms with Crippen LogP contribution in [0.15, 0.2) is 72.9 Å². The van der Waals surface area contributed by atoms with E-state index in [0.717, 1.165) is 34.6 Å². The number of nitrogens with one attached hydrogen (secondary N) is 1. The number of amides is 1. The fraction of sp³-hybridized carbons (Fsp3) is 0.174. The van der Waals surface area contributed by atoms with Gasteiger partial charge in [0.05, 0.1) is 24.9 Å². The highest BCUT2D eigenvalue weighted by atomic mass is 16.5. The molecule has 1 amide bonds. The molecule has 4 rings (SSSR count). The summed E-state index contributed by atoms with van der Waals surface area (Å²) in [6, 6.07) is 21.2. The molecule has 1 unspecified atom stereocenters. The molecule has 0 fully saturated rings. The van der Waals surface area contributed by atoms with Gasteiger partial charge in [0.25, 0.3) is 0 Å². The van der Waals surface area contributed by atoms with Crippen LogP contribution >= 0.6 is 0 Å². The minimum Gasteiger partial charge on any atom is -0.480 e. The van der Waals surface area contributed by atoms with E-state index < -0.39 is 0 Å². The lowest BCUT2D eigenvalue weighted by atomic mass is 9.95. The van der Waals surface area contributed by atoms with E-state index in [-0.39, 0.29) is 11.8 Å². The Morgan fingerprint density at radius 1 is 1.07 bits per heavy atom. The molecule has 0 aliphatic rings. The first-order chi connectivity index (χ1) is 14.2. The summed E-state index contributed by atoms with van der Waals surface area (Å²) in [7, 11) is 1.58. The predicted molar refractivity (Wildman–Crippen MR) is 113 cm³/mol. The first kappa shape index (κ1) is 18.7. The first-order valence-electron chi connectivity index (χ1n) is 9.54. The van der Waals surface area contributed by atoms with Gasteiger partial charge in [-0.05, 0) is 30.2 Å². The van der Waals surface area contributed by atoms with Gasteiger partial charge >= 0.3 is 0 Å². The van der Waals surface area contributed by atoms with E-state index in [9.17, 15) is 4.79 Å². The normalized spacial score (nSPS) is 11.9. The van der Waals surface area contributed by atoms with Crippen molar-refractivity contribution in [2.45, 2.75) is 19.3 Å². The van der Waals surface area contributed by atoms with E-state index >= 15 is 0 Å². The topological polar surface area (TPSA) is 68.5 Å². The number of benzene rings is 2. The Hall–Kier alpha value is -3.67. The molecule has 0 radical (unpaired) electrons. The lowest BCUT2D eigenvalue weighted by Crippen LogP contribution is -2.20. The van der Waals surface area contributed by atoms with Gasteiger partial charge in [0, 0.05) is 17.3 Å². The number of carbonyl (C=O) groups excluding carboxylic acids is 1. The van der Waals surface area contributed by atoms with Gasteiger partial charge in [-0.15, -0.1) is 5.10 Å². The van der Waals surface area contributed by atoms with Gasteiger partial charge in [0.2, 0.25) is 11.8 Å². The average Bonchev–Trinajstić information content (AvgIpc) is 3.19. The van der Waals surface area contributed by atoms with Gasteiger partial charge in [-0.1, -0.05) is 49.4 Å². The molecule has 2 aromatic heterocycles. The number of aromatic nitrogens is 3. The van der Waals surface area contributed by atoms with Gasteiger partial charge in [-0.3, -0.25) is 4.79 Å². The zero-order valence-electron chi connectivity index (χ0n) is 16.4.